The van der Waals surface area contributed by atoms with Crippen LogP contribution < -0.4 is 0 Å². The first-order valence-corrected chi connectivity index (χ1v) is 5.84. The Hall–Kier alpha value is -2.21. The van der Waals surface area contributed by atoms with Crippen molar-refractivity contribution < 1.29 is 0 Å². The van der Waals surface area contributed by atoms with Crippen molar-refractivity contribution >= 4 is 0 Å². The lowest BCUT2D eigenvalue weighted by Crippen LogP contribution is -2.10. The summed E-state index contributed by atoms with van der Waals surface area (Å²) in [5.41, 5.74) is 3.57. The summed E-state index contributed by atoms with van der Waals surface area (Å²) in [5.74, 6) is 0. The molecule has 2 aromatic rings. The number of nitrogens with zero attached hydrogens (tertiary/aromatic N) is 3. The summed E-state index contributed by atoms with van der Waals surface area (Å²) >= 11 is 0. The highest BCUT2D eigenvalue weighted by Crippen LogP contribution is 2.24. The minimum atomic E-state index is 0.148. The van der Waals surface area contributed by atoms with E-state index >= 15 is 0 Å². The fourth-order valence-electron chi connectivity index (χ4n) is 1.68. The van der Waals surface area contributed by atoms with Crippen molar-refractivity contribution in [3.8, 4) is 17.3 Å². The summed E-state index contributed by atoms with van der Waals surface area (Å²) in [5, 5.41) is 8.67. The predicted molar refractivity (Wildman–Crippen MR) is 70.9 cm³/mol. The summed E-state index contributed by atoms with van der Waals surface area (Å²) in [6.07, 6.45) is 3.12. The van der Waals surface area contributed by atoms with Crippen molar-refractivity contribution in [3.63, 3.8) is 0 Å². The zero-order chi connectivity index (χ0) is 13.2. The molecule has 3 heteroatoms. The Bertz CT molecular complexity index is 569. The molecule has 0 fully saturated rings. The van der Waals surface area contributed by atoms with Crippen LogP contribution in [0.15, 0.2) is 36.7 Å². The van der Waals surface area contributed by atoms with Crippen molar-refractivity contribution in [1.82, 2.24) is 9.97 Å². The lowest BCUT2D eigenvalue weighted by molar-refractivity contribution is 0.590. The molecule has 2 rings (SSSR count). The average Bonchev–Trinajstić information content (AvgIpc) is 2.38. The molecule has 1 aromatic carbocycles. The van der Waals surface area contributed by atoms with E-state index in [-0.39, 0.29) is 5.41 Å². The molecule has 0 bridgehead atoms. The van der Waals surface area contributed by atoms with Crippen LogP contribution in [0.5, 0.6) is 0 Å². The van der Waals surface area contributed by atoms with Crippen LogP contribution in [0.4, 0.5) is 0 Å². The van der Waals surface area contributed by atoms with E-state index in [0.717, 1.165) is 11.3 Å². The van der Waals surface area contributed by atoms with Gasteiger partial charge in [0.2, 0.25) is 0 Å². The summed E-state index contributed by atoms with van der Waals surface area (Å²) in [6, 6.07) is 10.3. The number of hydrogen-bond acceptors (Lipinski definition) is 3. The summed E-state index contributed by atoms with van der Waals surface area (Å²) in [7, 11) is 0. The van der Waals surface area contributed by atoms with Crippen molar-refractivity contribution in [2.45, 2.75) is 26.2 Å². The van der Waals surface area contributed by atoms with Gasteiger partial charge in [-0.15, -0.1) is 0 Å². The third kappa shape index (κ3) is 2.54. The van der Waals surface area contributed by atoms with Crippen LogP contribution in [0.3, 0.4) is 0 Å². The molecule has 90 valence electrons. The third-order valence-corrected chi connectivity index (χ3v) is 2.81. The van der Waals surface area contributed by atoms with E-state index in [9.17, 15) is 0 Å². The average molecular weight is 237 g/mol. The van der Waals surface area contributed by atoms with E-state index in [2.05, 4.69) is 42.9 Å². The largest absolute Gasteiger partial charge is 0.252 e. The maximum absolute atomic E-state index is 8.67. The van der Waals surface area contributed by atoms with Gasteiger partial charge in [0.25, 0.3) is 0 Å². The van der Waals surface area contributed by atoms with Gasteiger partial charge in [0.15, 0.2) is 5.69 Å². The first kappa shape index (κ1) is 12.3. The molecule has 1 heterocycles. The van der Waals surface area contributed by atoms with E-state index in [1.54, 1.807) is 6.20 Å². The van der Waals surface area contributed by atoms with E-state index < -0.39 is 0 Å². The SMILES string of the molecule is CC(C)(C)c1ccc(-c2cnc(C#N)cn2)cc1. The molecule has 1 aromatic heterocycles. The number of aromatic nitrogens is 2. The lowest BCUT2D eigenvalue weighted by atomic mass is 9.86. The molecule has 0 atom stereocenters. The number of rotatable bonds is 1. The van der Waals surface area contributed by atoms with Crippen molar-refractivity contribution in [2.75, 3.05) is 0 Å². The molecular weight excluding hydrogens is 222 g/mol. The van der Waals surface area contributed by atoms with Gasteiger partial charge in [0, 0.05) is 5.56 Å². The second kappa shape index (κ2) is 4.58. The van der Waals surface area contributed by atoms with Gasteiger partial charge in [-0.3, -0.25) is 4.98 Å². The normalized spacial score (nSPS) is 11.0. The van der Waals surface area contributed by atoms with Gasteiger partial charge in [0.05, 0.1) is 18.1 Å². The maximum atomic E-state index is 8.67. The molecule has 0 unspecified atom stereocenters. The third-order valence-electron chi connectivity index (χ3n) is 2.81. The molecule has 0 radical (unpaired) electrons. The molecule has 0 aliphatic rings. The molecule has 0 aliphatic heterocycles. The summed E-state index contributed by atoms with van der Waals surface area (Å²) in [6.45, 7) is 6.55. The van der Waals surface area contributed by atoms with Gasteiger partial charge in [0.1, 0.15) is 6.07 Å². The highest BCUT2D eigenvalue weighted by molar-refractivity contribution is 5.58. The molecule has 3 nitrogen and oxygen atoms in total. The second-order valence-corrected chi connectivity index (χ2v) is 5.23. The fraction of sp³-hybridized carbons (Fsp3) is 0.267. The standard InChI is InChI=1S/C15H15N3/c1-15(2,3)12-6-4-11(5-7-12)14-10-17-13(8-16)9-18-14/h4-7,9-10H,1-3H3. The molecule has 0 amide bonds. The van der Waals surface area contributed by atoms with Gasteiger partial charge in [-0.25, -0.2) is 4.98 Å². The number of benzene rings is 1. The number of nitriles is 1. The van der Waals surface area contributed by atoms with Crippen molar-refractivity contribution in [2.24, 2.45) is 0 Å². The van der Waals surface area contributed by atoms with E-state index in [4.69, 9.17) is 5.26 Å². The maximum Gasteiger partial charge on any atom is 0.158 e. The van der Waals surface area contributed by atoms with Crippen LogP contribution in [0.1, 0.15) is 32.0 Å². The molecule has 0 aliphatic carbocycles. The van der Waals surface area contributed by atoms with Crippen molar-refractivity contribution in [3.05, 3.63) is 47.9 Å². The summed E-state index contributed by atoms with van der Waals surface area (Å²) < 4.78 is 0. The van der Waals surface area contributed by atoms with Crippen LogP contribution in [0.2, 0.25) is 0 Å². The Morgan fingerprint density at radius 1 is 1.00 bits per heavy atom. The van der Waals surface area contributed by atoms with Gasteiger partial charge >= 0.3 is 0 Å². The zero-order valence-electron chi connectivity index (χ0n) is 10.8. The van der Waals surface area contributed by atoms with E-state index in [1.165, 1.54) is 11.8 Å². The predicted octanol–water partition coefficient (Wildman–Crippen LogP) is 3.31. The van der Waals surface area contributed by atoms with Crippen LogP contribution in [-0.2, 0) is 5.41 Å². The van der Waals surface area contributed by atoms with Gasteiger partial charge < -0.3 is 0 Å². The quantitative estimate of drug-likeness (QED) is 0.764. The van der Waals surface area contributed by atoms with Crippen LogP contribution in [0, 0.1) is 11.3 Å². The van der Waals surface area contributed by atoms with Crippen LogP contribution in [-0.4, -0.2) is 9.97 Å². The fourth-order valence-corrected chi connectivity index (χ4v) is 1.68. The molecular formula is C15H15N3. The topological polar surface area (TPSA) is 49.6 Å². The Balaban J connectivity index is 2.32. The number of hydrogen-bond donors (Lipinski definition) is 0. The van der Waals surface area contributed by atoms with Crippen LogP contribution >= 0.6 is 0 Å². The Kier molecular flexibility index (Phi) is 3.12. The van der Waals surface area contributed by atoms with Gasteiger partial charge in [-0.1, -0.05) is 45.0 Å². The van der Waals surface area contributed by atoms with Crippen molar-refractivity contribution in [1.29, 1.82) is 5.26 Å². The molecule has 18 heavy (non-hydrogen) atoms. The Morgan fingerprint density at radius 3 is 2.11 bits per heavy atom. The highest BCUT2D eigenvalue weighted by Gasteiger charge is 2.13. The molecule has 0 spiro atoms. The Morgan fingerprint density at radius 2 is 1.67 bits per heavy atom. The van der Waals surface area contributed by atoms with E-state index in [1.807, 2.05) is 18.2 Å². The first-order valence-electron chi connectivity index (χ1n) is 5.84. The summed E-state index contributed by atoms with van der Waals surface area (Å²) in [4.78, 5) is 8.25. The first-order chi connectivity index (χ1) is 8.50. The minimum absolute atomic E-state index is 0.148. The van der Waals surface area contributed by atoms with Gasteiger partial charge in [-0.2, -0.15) is 5.26 Å². The Labute approximate surface area is 107 Å². The highest BCUT2D eigenvalue weighted by atomic mass is 14.8. The minimum Gasteiger partial charge on any atom is -0.252 e. The molecule has 0 saturated carbocycles. The van der Waals surface area contributed by atoms with E-state index in [0.29, 0.717) is 5.69 Å². The lowest BCUT2D eigenvalue weighted by Gasteiger charge is -2.19. The van der Waals surface area contributed by atoms with Gasteiger partial charge in [-0.05, 0) is 11.0 Å². The van der Waals surface area contributed by atoms with Crippen LogP contribution in [0.25, 0.3) is 11.3 Å². The zero-order valence-corrected chi connectivity index (χ0v) is 10.8. The smallest absolute Gasteiger partial charge is 0.158 e. The second-order valence-electron chi connectivity index (χ2n) is 5.23. The molecule has 0 saturated heterocycles. The monoisotopic (exact) mass is 237 g/mol. The molecule has 0 N–H and O–H groups in total.